The van der Waals surface area contributed by atoms with Crippen molar-refractivity contribution < 1.29 is 19.4 Å². The Hall–Kier alpha value is -1.14. The molecule has 1 heterocycles. The first-order valence-electron chi connectivity index (χ1n) is 6.18. The molecule has 106 valence electrons. The number of rotatable bonds is 4. The lowest BCUT2D eigenvalue weighted by Crippen LogP contribution is -2.31. The van der Waals surface area contributed by atoms with Crippen molar-refractivity contribution in [2.75, 3.05) is 13.7 Å². The first kappa shape index (κ1) is 16.9. The van der Waals surface area contributed by atoms with Gasteiger partial charge in [0.05, 0.1) is 7.11 Å². The van der Waals surface area contributed by atoms with Gasteiger partial charge in [0.1, 0.15) is 12.1 Å². The summed E-state index contributed by atoms with van der Waals surface area (Å²) in [6.07, 6.45) is 2.56. The number of ether oxygens (including phenoxy) is 1. The highest BCUT2D eigenvalue weighted by Crippen LogP contribution is 2.05. The molecule has 2 unspecified atom stereocenters. The second-order valence-corrected chi connectivity index (χ2v) is 4.75. The van der Waals surface area contributed by atoms with Crippen molar-refractivity contribution in [3.05, 3.63) is 0 Å². The second kappa shape index (κ2) is 8.88. The SMILES string of the molecule is CC(C)CC(N)C(=O)O.COC(=O)C1CCCN1. The highest BCUT2D eigenvalue weighted by Gasteiger charge is 2.21. The van der Waals surface area contributed by atoms with Gasteiger partial charge in [0.2, 0.25) is 0 Å². The molecule has 2 atom stereocenters. The van der Waals surface area contributed by atoms with Crippen molar-refractivity contribution in [2.24, 2.45) is 11.7 Å². The van der Waals surface area contributed by atoms with Crippen molar-refractivity contribution in [3.8, 4) is 0 Å². The van der Waals surface area contributed by atoms with Gasteiger partial charge in [-0.05, 0) is 31.7 Å². The van der Waals surface area contributed by atoms with Gasteiger partial charge < -0.3 is 20.9 Å². The van der Waals surface area contributed by atoms with E-state index in [1.54, 1.807) is 0 Å². The van der Waals surface area contributed by atoms with Crippen LogP contribution in [0.25, 0.3) is 0 Å². The predicted octanol–water partition coefficient (Wildman–Crippen LogP) is 0.356. The zero-order valence-electron chi connectivity index (χ0n) is 11.3. The molecule has 0 bridgehead atoms. The fraction of sp³-hybridized carbons (Fsp3) is 0.833. The summed E-state index contributed by atoms with van der Waals surface area (Å²) in [7, 11) is 1.42. The summed E-state index contributed by atoms with van der Waals surface area (Å²) in [6, 6.07) is -0.722. The molecule has 18 heavy (non-hydrogen) atoms. The van der Waals surface area contributed by atoms with Crippen molar-refractivity contribution in [2.45, 2.75) is 45.2 Å². The normalized spacial score (nSPS) is 19.9. The van der Waals surface area contributed by atoms with Crippen LogP contribution in [-0.2, 0) is 14.3 Å². The maximum Gasteiger partial charge on any atom is 0.322 e. The van der Waals surface area contributed by atoms with Crippen molar-refractivity contribution >= 4 is 11.9 Å². The van der Waals surface area contributed by atoms with Crippen LogP contribution in [0, 0.1) is 5.92 Å². The smallest absolute Gasteiger partial charge is 0.322 e. The van der Waals surface area contributed by atoms with Crippen LogP contribution >= 0.6 is 0 Å². The van der Waals surface area contributed by atoms with Crippen LogP contribution in [0.1, 0.15) is 33.1 Å². The molecule has 0 aliphatic carbocycles. The molecule has 1 rings (SSSR count). The number of carbonyl (C=O) groups is 2. The molecular weight excluding hydrogens is 236 g/mol. The number of methoxy groups -OCH3 is 1. The third kappa shape index (κ3) is 7.24. The molecule has 1 aliphatic heterocycles. The van der Waals surface area contributed by atoms with Crippen molar-refractivity contribution in [1.29, 1.82) is 0 Å². The fourth-order valence-electron chi connectivity index (χ4n) is 1.64. The van der Waals surface area contributed by atoms with Crippen LogP contribution in [0.2, 0.25) is 0 Å². The molecule has 0 aromatic heterocycles. The number of hydrogen-bond donors (Lipinski definition) is 3. The average Bonchev–Trinajstić information content (AvgIpc) is 2.81. The minimum absolute atomic E-state index is 0.0324. The number of esters is 1. The third-order valence-electron chi connectivity index (χ3n) is 2.59. The molecule has 6 nitrogen and oxygen atoms in total. The molecule has 4 N–H and O–H groups in total. The first-order valence-corrected chi connectivity index (χ1v) is 6.18. The zero-order valence-corrected chi connectivity index (χ0v) is 11.3. The lowest BCUT2D eigenvalue weighted by Gasteiger charge is -2.07. The van der Waals surface area contributed by atoms with E-state index in [0.29, 0.717) is 12.3 Å². The Morgan fingerprint density at radius 1 is 1.50 bits per heavy atom. The zero-order chi connectivity index (χ0) is 14.1. The molecule has 6 heteroatoms. The number of aliphatic carboxylic acids is 1. The Kier molecular flexibility index (Phi) is 8.32. The van der Waals surface area contributed by atoms with Crippen LogP contribution in [0.15, 0.2) is 0 Å². The Labute approximate surface area is 108 Å². The first-order chi connectivity index (χ1) is 8.38. The molecule has 1 fully saturated rings. The van der Waals surface area contributed by atoms with Crippen molar-refractivity contribution in [3.63, 3.8) is 0 Å². The third-order valence-corrected chi connectivity index (χ3v) is 2.59. The largest absolute Gasteiger partial charge is 0.480 e. The van der Waals surface area contributed by atoms with E-state index in [1.807, 2.05) is 13.8 Å². The molecule has 0 spiro atoms. The van der Waals surface area contributed by atoms with E-state index in [4.69, 9.17) is 10.8 Å². The number of carbonyl (C=O) groups excluding carboxylic acids is 1. The Bertz CT molecular complexity index is 263. The average molecular weight is 260 g/mol. The van der Waals surface area contributed by atoms with E-state index in [-0.39, 0.29) is 12.0 Å². The Morgan fingerprint density at radius 3 is 2.39 bits per heavy atom. The fourth-order valence-corrected chi connectivity index (χ4v) is 1.64. The van der Waals surface area contributed by atoms with E-state index in [9.17, 15) is 9.59 Å². The van der Waals surface area contributed by atoms with Gasteiger partial charge in [-0.3, -0.25) is 9.59 Å². The van der Waals surface area contributed by atoms with Gasteiger partial charge in [0.15, 0.2) is 0 Å². The molecule has 0 aromatic carbocycles. The number of carboxylic acids is 1. The second-order valence-electron chi connectivity index (χ2n) is 4.75. The monoisotopic (exact) mass is 260 g/mol. The van der Waals surface area contributed by atoms with Crippen LogP contribution in [0.4, 0.5) is 0 Å². The van der Waals surface area contributed by atoms with Crippen LogP contribution in [0.3, 0.4) is 0 Å². The topological polar surface area (TPSA) is 102 Å². The lowest BCUT2D eigenvalue weighted by atomic mass is 10.1. The summed E-state index contributed by atoms with van der Waals surface area (Å²) >= 11 is 0. The lowest BCUT2D eigenvalue weighted by molar-refractivity contribution is -0.142. The van der Waals surface area contributed by atoms with Crippen LogP contribution in [-0.4, -0.2) is 42.8 Å². The number of carboxylic acid groups (broad SMARTS) is 1. The highest BCUT2D eigenvalue weighted by atomic mass is 16.5. The van der Waals surface area contributed by atoms with Crippen LogP contribution in [0.5, 0.6) is 0 Å². The summed E-state index contributed by atoms with van der Waals surface area (Å²) in [5, 5.41) is 11.3. The summed E-state index contributed by atoms with van der Waals surface area (Å²) in [5.41, 5.74) is 5.22. The molecule has 1 saturated heterocycles. The van der Waals surface area contributed by atoms with Gasteiger partial charge in [0, 0.05) is 0 Å². The number of nitrogens with two attached hydrogens (primary N) is 1. The van der Waals surface area contributed by atoms with E-state index in [0.717, 1.165) is 19.4 Å². The quantitative estimate of drug-likeness (QED) is 0.631. The molecule has 0 saturated carbocycles. The van der Waals surface area contributed by atoms with Gasteiger partial charge in [0.25, 0.3) is 0 Å². The van der Waals surface area contributed by atoms with E-state index >= 15 is 0 Å². The van der Waals surface area contributed by atoms with Gasteiger partial charge in [-0.25, -0.2) is 0 Å². The molecule has 0 aromatic rings. The molecular formula is C12H24N2O4. The number of nitrogens with one attached hydrogen (secondary N) is 1. The Morgan fingerprint density at radius 2 is 2.11 bits per heavy atom. The van der Waals surface area contributed by atoms with Gasteiger partial charge in [-0.1, -0.05) is 13.8 Å². The minimum atomic E-state index is -0.913. The summed E-state index contributed by atoms with van der Waals surface area (Å²) in [5.74, 6) is -0.688. The molecule has 0 amide bonds. The standard InChI is InChI=1S/C6H11NO2.C6H13NO2/c1-9-6(8)5-3-2-4-7-5;1-4(2)3-5(7)6(8)9/h5,7H,2-4H2,1H3;4-5H,3,7H2,1-2H3,(H,8,9). The van der Waals surface area contributed by atoms with Gasteiger partial charge >= 0.3 is 11.9 Å². The maximum absolute atomic E-state index is 10.7. The van der Waals surface area contributed by atoms with Crippen LogP contribution < -0.4 is 11.1 Å². The highest BCUT2D eigenvalue weighted by molar-refractivity contribution is 5.75. The maximum atomic E-state index is 10.7. The molecule has 0 radical (unpaired) electrons. The molecule has 1 aliphatic rings. The van der Waals surface area contributed by atoms with Gasteiger partial charge in [-0.15, -0.1) is 0 Å². The van der Waals surface area contributed by atoms with Gasteiger partial charge in [-0.2, -0.15) is 0 Å². The minimum Gasteiger partial charge on any atom is -0.480 e. The Balaban J connectivity index is 0.000000321. The number of hydrogen-bond acceptors (Lipinski definition) is 5. The summed E-state index contributed by atoms with van der Waals surface area (Å²) in [4.78, 5) is 20.8. The van der Waals surface area contributed by atoms with E-state index in [2.05, 4.69) is 10.1 Å². The summed E-state index contributed by atoms with van der Waals surface area (Å²) in [6.45, 7) is 4.84. The van der Waals surface area contributed by atoms with E-state index < -0.39 is 12.0 Å². The van der Waals surface area contributed by atoms with Crippen molar-refractivity contribution in [1.82, 2.24) is 5.32 Å². The summed E-state index contributed by atoms with van der Waals surface area (Å²) < 4.78 is 4.53. The predicted molar refractivity (Wildman–Crippen MR) is 68.1 cm³/mol. The van der Waals surface area contributed by atoms with E-state index in [1.165, 1.54) is 7.11 Å².